The second-order valence-electron chi connectivity index (χ2n) is 23.2. The smallest absolute Gasteiger partial charge is 0.305 e. The highest BCUT2D eigenvalue weighted by molar-refractivity contribution is 5.76. The number of carbonyl (C=O) groups excluding carboxylic acids is 2. The van der Waals surface area contributed by atoms with Crippen LogP contribution in [0.25, 0.3) is 0 Å². The fraction of sp³-hybridized carbons (Fsp3) is 0.912. The molecular weight excluding hydrogens is 911 g/mol. The van der Waals surface area contributed by atoms with E-state index in [1.54, 1.807) is 6.08 Å². The summed E-state index contributed by atoms with van der Waals surface area (Å²) in [7, 11) is 0. The van der Waals surface area contributed by atoms with Crippen molar-refractivity contribution < 1.29 is 24.5 Å². The van der Waals surface area contributed by atoms with Crippen LogP contribution in [0.1, 0.15) is 373 Å². The van der Waals surface area contributed by atoms with Crippen molar-refractivity contribution in [2.75, 3.05) is 13.2 Å². The van der Waals surface area contributed by atoms with Gasteiger partial charge in [0.25, 0.3) is 0 Å². The first-order valence-corrected chi connectivity index (χ1v) is 33.6. The first-order valence-electron chi connectivity index (χ1n) is 33.6. The van der Waals surface area contributed by atoms with Gasteiger partial charge in [0.05, 0.1) is 25.4 Å². The molecule has 2 unspecified atom stereocenters. The maximum atomic E-state index is 12.5. The van der Waals surface area contributed by atoms with Crippen molar-refractivity contribution in [1.82, 2.24) is 5.32 Å². The van der Waals surface area contributed by atoms with Gasteiger partial charge in [-0.25, -0.2) is 0 Å². The summed E-state index contributed by atoms with van der Waals surface area (Å²) >= 11 is 0. The Labute approximate surface area is 462 Å². The third-order valence-corrected chi connectivity index (χ3v) is 15.7. The summed E-state index contributed by atoms with van der Waals surface area (Å²) in [6.45, 7) is 4.93. The molecule has 0 aliphatic heterocycles. The second kappa shape index (κ2) is 63.9. The van der Waals surface area contributed by atoms with E-state index in [1.165, 1.54) is 308 Å². The van der Waals surface area contributed by atoms with E-state index in [2.05, 4.69) is 31.3 Å². The SMILES string of the molecule is CCCCCCCCCCCCCCC/C=C/C(O)C(CO)NC(=O)CCCCCCCCCCCCCCCC/C=C\CCCCCCCCCCCCCCOC(=O)CCCCCCCCCCCCCC. The Morgan fingerprint density at radius 2 is 0.635 bits per heavy atom. The van der Waals surface area contributed by atoms with E-state index in [1.807, 2.05) is 6.08 Å². The van der Waals surface area contributed by atoms with Crippen LogP contribution in [0.4, 0.5) is 0 Å². The quantitative estimate of drug-likeness (QED) is 0.0320. The molecule has 0 saturated carbocycles. The van der Waals surface area contributed by atoms with Crippen LogP contribution in [0, 0.1) is 0 Å². The van der Waals surface area contributed by atoms with E-state index in [0.717, 1.165) is 38.5 Å². The maximum absolute atomic E-state index is 12.5. The van der Waals surface area contributed by atoms with E-state index >= 15 is 0 Å². The fourth-order valence-electron chi connectivity index (χ4n) is 10.6. The lowest BCUT2D eigenvalue weighted by Gasteiger charge is -2.20. The van der Waals surface area contributed by atoms with E-state index in [0.29, 0.717) is 19.4 Å². The maximum Gasteiger partial charge on any atom is 0.305 e. The fourth-order valence-corrected chi connectivity index (χ4v) is 10.6. The Morgan fingerprint density at radius 1 is 0.365 bits per heavy atom. The number of aliphatic hydroxyl groups excluding tert-OH is 2. The molecule has 1 amide bonds. The molecular formula is C68H131NO5. The van der Waals surface area contributed by atoms with Crippen LogP contribution < -0.4 is 5.32 Å². The van der Waals surface area contributed by atoms with Gasteiger partial charge in [0.1, 0.15) is 0 Å². The zero-order chi connectivity index (χ0) is 53.6. The number of rotatable bonds is 63. The van der Waals surface area contributed by atoms with Gasteiger partial charge in [0.2, 0.25) is 5.91 Å². The minimum Gasteiger partial charge on any atom is -0.466 e. The molecule has 0 radical (unpaired) electrons. The summed E-state index contributed by atoms with van der Waals surface area (Å²) < 4.78 is 5.48. The number of aliphatic hydroxyl groups is 2. The number of hydrogen-bond acceptors (Lipinski definition) is 5. The molecule has 74 heavy (non-hydrogen) atoms. The molecule has 0 rings (SSSR count). The average Bonchev–Trinajstić information content (AvgIpc) is 3.40. The largest absolute Gasteiger partial charge is 0.466 e. The molecule has 0 aromatic rings. The standard InChI is InChI=1S/C68H131NO5/c1-3-5-7-9-11-13-15-17-34-37-40-44-48-52-56-60-66(71)65(64-70)69-67(72)61-57-53-49-45-41-38-35-32-30-28-26-24-22-20-18-19-21-23-25-27-29-31-33-36-39-43-47-51-55-59-63-74-68(73)62-58-54-50-46-42-16-14-12-10-8-6-4-2/h19,21,56,60,65-66,70-71H,3-18,20,22-55,57-59,61-64H2,1-2H3,(H,69,72)/b21-19-,60-56+. The van der Waals surface area contributed by atoms with Crippen molar-refractivity contribution in [3.8, 4) is 0 Å². The molecule has 3 N–H and O–H groups in total. The van der Waals surface area contributed by atoms with Gasteiger partial charge in [-0.05, 0) is 57.8 Å². The van der Waals surface area contributed by atoms with Gasteiger partial charge >= 0.3 is 5.97 Å². The Morgan fingerprint density at radius 3 is 0.959 bits per heavy atom. The number of ether oxygens (including phenoxy) is 1. The molecule has 6 heteroatoms. The van der Waals surface area contributed by atoms with Gasteiger partial charge in [-0.1, -0.05) is 327 Å². The molecule has 0 spiro atoms. The van der Waals surface area contributed by atoms with Crippen LogP contribution >= 0.6 is 0 Å². The highest BCUT2D eigenvalue weighted by Gasteiger charge is 2.18. The molecule has 0 aromatic heterocycles. The molecule has 0 aliphatic carbocycles. The second-order valence-corrected chi connectivity index (χ2v) is 23.2. The predicted molar refractivity (Wildman–Crippen MR) is 324 cm³/mol. The number of allylic oxidation sites excluding steroid dienone is 3. The van der Waals surface area contributed by atoms with Crippen LogP contribution in [0.5, 0.6) is 0 Å². The van der Waals surface area contributed by atoms with Crippen LogP contribution in [-0.2, 0) is 14.3 Å². The molecule has 0 aromatic carbocycles. The van der Waals surface area contributed by atoms with E-state index in [4.69, 9.17) is 4.74 Å². The Balaban J connectivity index is 3.38. The first-order chi connectivity index (χ1) is 36.5. The Kier molecular flexibility index (Phi) is 62.4. The number of carbonyl (C=O) groups is 2. The Hall–Kier alpha value is -1.66. The van der Waals surface area contributed by atoms with Crippen LogP contribution in [0.2, 0.25) is 0 Å². The van der Waals surface area contributed by atoms with Gasteiger partial charge in [0, 0.05) is 12.8 Å². The van der Waals surface area contributed by atoms with Crippen molar-refractivity contribution in [3.63, 3.8) is 0 Å². The van der Waals surface area contributed by atoms with Crippen molar-refractivity contribution in [1.29, 1.82) is 0 Å². The number of esters is 1. The number of amides is 1. The van der Waals surface area contributed by atoms with Crippen LogP contribution in [0.3, 0.4) is 0 Å². The summed E-state index contributed by atoms with van der Waals surface area (Å²) in [5.74, 6) is -0.0464. The summed E-state index contributed by atoms with van der Waals surface area (Å²) in [4.78, 5) is 24.5. The zero-order valence-electron chi connectivity index (χ0n) is 50.1. The monoisotopic (exact) mass is 1040 g/mol. The molecule has 0 fully saturated rings. The third kappa shape index (κ3) is 59.6. The highest BCUT2D eigenvalue weighted by atomic mass is 16.5. The van der Waals surface area contributed by atoms with Gasteiger partial charge < -0.3 is 20.3 Å². The summed E-state index contributed by atoms with van der Waals surface area (Å²) in [5, 5.41) is 23.1. The molecule has 2 atom stereocenters. The normalized spacial score (nSPS) is 12.6. The van der Waals surface area contributed by atoms with Gasteiger partial charge in [-0.15, -0.1) is 0 Å². The Bertz CT molecular complexity index is 1150. The number of nitrogens with one attached hydrogen (secondary N) is 1. The van der Waals surface area contributed by atoms with E-state index in [-0.39, 0.29) is 18.5 Å². The predicted octanol–water partition coefficient (Wildman–Crippen LogP) is 21.4. The lowest BCUT2D eigenvalue weighted by Crippen LogP contribution is -2.45. The van der Waals surface area contributed by atoms with E-state index < -0.39 is 12.1 Å². The summed E-state index contributed by atoms with van der Waals surface area (Å²) in [5.41, 5.74) is 0. The molecule has 0 bridgehead atoms. The minimum atomic E-state index is -0.843. The van der Waals surface area contributed by atoms with Gasteiger partial charge in [0.15, 0.2) is 0 Å². The van der Waals surface area contributed by atoms with Gasteiger partial charge in [-0.3, -0.25) is 9.59 Å². The topological polar surface area (TPSA) is 95.9 Å². The number of unbranched alkanes of at least 4 members (excludes halogenated alkanes) is 50. The molecule has 438 valence electrons. The average molecular weight is 1040 g/mol. The van der Waals surface area contributed by atoms with Crippen molar-refractivity contribution in [2.24, 2.45) is 0 Å². The van der Waals surface area contributed by atoms with Crippen LogP contribution in [0.15, 0.2) is 24.3 Å². The lowest BCUT2D eigenvalue weighted by atomic mass is 10.0. The van der Waals surface area contributed by atoms with Crippen LogP contribution in [-0.4, -0.2) is 47.4 Å². The first kappa shape index (κ1) is 72.3. The van der Waals surface area contributed by atoms with E-state index in [9.17, 15) is 19.8 Å². The summed E-state index contributed by atoms with van der Waals surface area (Å²) in [6.07, 6.45) is 79.6. The van der Waals surface area contributed by atoms with Crippen molar-refractivity contribution in [2.45, 2.75) is 386 Å². The number of hydrogen-bond donors (Lipinski definition) is 3. The molecule has 0 aliphatic rings. The zero-order valence-corrected chi connectivity index (χ0v) is 50.1. The van der Waals surface area contributed by atoms with Crippen molar-refractivity contribution in [3.05, 3.63) is 24.3 Å². The highest BCUT2D eigenvalue weighted by Crippen LogP contribution is 2.18. The molecule has 6 nitrogen and oxygen atoms in total. The molecule has 0 heterocycles. The van der Waals surface area contributed by atoms with Crippen molar-refractivity contribution >= 4 is 11.9 Å². The minimum absolute atomic E-state index is 0.0179. The molecule has 0 saturated heterocycles. The third-order valence-electron chi connectivity index (χ3n) is 15.7. The van der Waals surface area contributed by atoms with Gasteiger partial charge in [-0.2, -0.15) is 0 Å². The summed E-state index contributed by atoms with van der Waals surface area (Å²) in [6, 6.07) is -0.626. The lowest BCUT2D eigenvalue weighted by molar-refractivity contribution is -0.143.